The Morgan fingerprint density at radius 3 is 2.85 bits per heavy atom. The second kappa shape index (κ2) is 6.72. The molecule has 0 spiro atoms. The van der Waals surface area contributed by atoms with E-state index in [4.69, 9.17) is 10.5 Å². The predicted octanol–water partition coefficient (Wildman–Crippen LogP) is 0.818. The molecule has 1 saturated heterocycles. The van der Waals surface area contributed by atoms with Gasteiger partial charge in [0.05, 0.1) is 13.7 Å². The van der Waals surface area contributed by atoms with Crippen molar-refractivity contribution >= 4 is 5.91 Å². The van der Waals surface area contributed by atoms with Gasteiger partial charge in [-0.05, 0) is 24.1 Å². The minimum Gasteiger partial charge on any atom is -0.496 e. The predicted molar refractivity (Wildman–Crippen MR) is 78.4 cm³/mol. The zero-order valence-corrected chi connectivity index (χ0v) is 12.3. The zero-order chi connectivity index (χ0) is 14.5. The first kappa shape index (κ1) is 14.8. The number of nitrogens with zero attached hydrogens (tertiary/aromatic N) is 2. The van der Waals surface area contributed by atoms with Crippen molar-refractivity contribution < 1.29 is 9.53 Å². The highest BCUT2D eigenvalue weighted by Gasteiger charge is 2.20. The van der Waals surface area contributed by atoms with Gasteiger partial charge in [0.1, 0.15) is 5.75 Å². The van der Waals surface area contributed by atoms with Crippen LogP contribution in [0.25, 0.3) is 0 Å². The maximum atomic E-state index is 11.9. The van der Waals surface area contributed by atoms with Crippen molar-refractivity contribution in [3.05, 3.63) is 29.3 Å². The molecule has 0 unspecified atom stereocenters. The number of amides is 1. The highest BCUT2D eigenvalue weighted by Crippen LogP contribution is 2.22. The van der Waals surface area contributed by atoms with Gasteiger partial charge in [-0.25, -0.2) is 0 Å². The summed E-state index contributed by atoms with van der Waals surface area (Å²) in [6.07, 6.45) is 1.00. The van der Waals surface area contributed by atoms with Crippen LogP contribution in [-0.2, 0) is 17.9 Å². The molecule has 5 nitrogen and oxygen atoms in total. The Morgan fingerprint density at radius 1 is 1.35 bits per heavy atom. The minimum absolute atomic E-state index is 0.177. The number of hydrogen-bond donors (Lipinski definition) is 1. The largest absolute Gasteiger partial charge is 0.496 e. The molecule has 110 valence electrons. The molecule has 1 amide bonds. The van der Waals surface area contributed by atoms with E-state index < -0.39 is 0 Å². The van der Waals surface area contributed by atoms with Crippen LogP contribution in [0.15, 0.2) is 18.2 Å². The van der Waals surface area contributed by atoms with Crippen LogP contribution in [-0.4, -0.2) is 49.5 Å². The number of methoxy groups -OCH3 is 1. The summed E-state index contributed by atoms with van der Waals surface area (Å²) in [5, 5.41) is 0. The van der Waals surface area contributed by atoms with Gasteiger partial charge in [-0.15, -0.1) is 0 Å². The smallest absolute Gasteiger partial charge is 0.236 e. The summed E-state index contributed by atoms with van der Waals surface area (Å²) in [7, 11) is 3.53. The van der Waals surface area contributed by atoms with Gasteiger partial charge in [-0.3, -0.25) is 9.69 Å². The van der Waals surface area contributed by atoms with Crippen LogP contribution in [0.4, 0.5) is 0 Å². The van der Waals surface area contributed by atoms with E-state index in [-0.39, 0.29) is 5.91 Å². The van der Waals surface area contributed by atoms with Crippen LogP contribution in [0.5, 0.6) is 5.75 Å². The van der Waals surface area contributed by atoms with Crippen LogP contribution in [0.3, 0.4) is 0 Å². The van der Waals surface area contributed by atoms with Gasteiger partial charge in [-0.1, -0.05) is 6.07 Å². The van der Waals surface area contributed by atoms with Gasteiger partial charge in [0, 0.05) is 38.8 Å². The average molecular weight is 277 g/mol. The van der Waals surface area contributed by atoms with E-state index >= 15 is 0 Å². The van der Waals surface area contributed by atoms with Gasteiger partial charge in [0.15, 0.2) is 0 Å². The first-order valence-corrected chi connectivity index (χ1v) is 6.96. The summed E-state index contributed by atoms with van der Waals surface area (Å²) in [5.74, 6) is 1.03. The molecular weight excluding hydrogens is 254 g/mol. The van der Waals surface area contributed by atoms with Crippen LogP contribution in [0, 0.1) is 0 Å². The highest BCUT2D eigenvalue weighted by atomic mass is 16.5. The SMILES string of the molecule is COc1ccc(CN)cc1CN1CCCN(C)C(=O)C1. The average Bonchev–Trinajstić information content (AvgIpc) is 2.61. The standard InChI is InChI=1S/C15H23N3O2/c1-17-6-3-7-18(11-15(17)19)10-13-8-12(9-16)4-5-14(13)20-2/h4-5,8H,3,6-7,9-11,16H2,1-2H3. The van der Waals surface area contributed by atoms with E-state index in [9.17, 15) is 4.79 Å². The molecule has 1 heterocycles. The Labute approximate surface area is 120 Å². The molecule has 1 aromatic rings. The number of benzene rings is 1. The molecule has 0 saturated carbocycles. The van der Waals surface area contributed by atoms with E-state index in [1.54, 1.807) is 12.0 Å². The number of likely N-dealkylation sites (N-methyl/N-ethyl adjacent to an activating group) is 1. The molecule has 2 rings (SSSR count). The highest BCUT2D eigenvalue weighted by molar-refractivity contribution is 5.78. The van der Waals surface area contributed by atoms with Crippen molar-refractivity contribution in [1.82, 2.24) is 9.80 Å². The Morgan fingerprint density at radius 2 is 2.15 bits per heavy atom. The van der Waals surface area contributed by atoms with Gasteiger partial charge in [0.2, 0.25) is 5.91 Å². The molecule has 0 aromatic heterocycles. The summed E-state index contributed by atoms with van der Waals surface area (Å²) in [5.41, 5.74) is 7.87. The first-order chi connectivity index (χ1) is 9.63. The molecule has 0 aliphatic carbocycles. The Bertz CT molecular complexity index is 476. The van der Waals surface area contributed by atoms with Crippen molar-refractivity contribution in [2.45, 2.75) is 19.5 Å². The quantitative estimate of drug-likeness (QED) is 0.885. The molecule has 2 N–H and O–H groups in total. The molecule has 1 aromatic carbocycles. The Hall–Kier alpha value is -1.59. The van der Waals surface area contributed by atoms with Crippen molar-refractivity contribution in [3.63, 3.8) is 0 Å². The normalized spacial score (nSPS) is 17.1. The lowest BCUT2D eigenvalue weighted by atomic mass is 10.1. The number of carbonyl (C=O) groups excluding carboxylic acids is 1. The summed E-state index contributed by atoms with van der Waals surface area (Å²) in [6.45, 7) is 3.45. The van der Waals surface area contributed by atoms with Crippen molar-refractivity contribution in [2.75, 3.05) is 33.8 Å². The second-order valence-corrected chi connectivity index (χ2v) is 5.23. The topological polar surface area (TPSA) is 58.8 Å². The van der Waals surface area contributed by atoms with Gasteiger partial charge < -0.3 is 15.4 Å². The molecule has 1 fully saturated rings. The van der Waals surface area contributed by atoms with Crippen molar-refractivity contribution in [3.8, 4) is 5.75 Å². The van der Waals surface area contributed by atoms with E-state index in [1.807, 2.05) is 19.2 Å². The van der Waals surface area contributed by atoms with E-state index in [0.717, 1.165) is 42.9 Å². The van der Waals surface area contributed by atoms with Crippen LogP contribution in [0.2, 0.25) is 0 Å². The maximum absolute atomic E-state index is 11.9. The van der Waals surface area contributed by atoms with Gasteiger partial charge in [-0.2, -0.15) is 0 Å². The molecule has 1 aliphatic heterocycles. The second-order valence-electron chi connectivity index (χ2n) is 5.23. The van der Waals surface area contributed by atoms with Gasteiger partial charge in [0.25, 0.3) is 0 Å². The van der Waals surface area contributed by atoms with Crippen molar-refractivity contribution in [1.29, 1.82) is 0 Å². The minimum atomic E-state index is 0.177. The fourth-order valence-electron chi connectivity index (χ4n) is 2.51. The lowest BCUT2D eigenvalue weighted by molar-refractivity contribution is -0.130. The number of carbonyl (C=O) groups is 1. The Balaban J connectivity index is 2.13. The molecule has 5 heteroatoms. The van der Waals surface area contributed by atoms with E-state index in [2.05, 4.69) is 11.0 Å². The summed E-state index contributed by atoms with van der Waals surface area (Å²) >= 11 is 0. The third kappa shape index (κ3) is 3.49. The number of hydrogen-bond acceptors (Lipinski definition) is 4. The molecule has 0 bridgehead atoms. The van der Waals surface area contributed by atoms with Crippen molar-refractivity contribution in [2.24, 2.45) is 5.73 Å². The molecule has 0 radical (unpaired) electrons. The third-order valence-corrected chi connectivity index (χ3v) is 3.73. The molecule has 0 atom stereocenters. The number of nitrogens with two attached hydrogens (primary N) is 1. The number of rotatable bonds is 4. The lowest BCUT2D eigenvalue weighted by Crippen LogP contribution is -2.34. The van der Waals surface area contributed by atoms with Crippen LogP contribution >= 0.6 is 0 Å². The van der Waals surface area contributed by atoms with Gasteiger partial charge >= 0.3 is 0 Å². The molecule has 20 heavy (non-hydrogen) atoms. The Kier molecular flexibility index (Phi) is 4.98. The molecular formula is C15H23N3O2. The summed E-state index contributed by atoms with van der Waals surface area (Å²) in [4.78, 5) is 15.9. The fraction of sp³-hybridized carbons (Fsp3) is 0.533. The lowest BCUT2D eigenvalue weighted by Gasteiger charge is -2.21. The third-order valence-electron chi connectivity index (χ3n) is 3.73. The zero-order valence-electron chi connectivity index (χ0n) is 12.3. The van der Waals surface area contributed by atoms with Crippen LogP contribution < -0.4 is 10.5 Å². The molecule has 1 aliphatic rings. The maximum Gasteiger partial charge on any atom is 0.236 e. The fourth-order valence-corrected chi connectivity index (χ4v) is 2.51. The van der Waals surface area contributed by atoms with Crippen LogP contribution in [0.1, 0.15) is 17.5 Å². The van der Waals surface area contributed by atoms with E-state index in [0.29, 0.717) is 13.1 Å². The first-order valence-electron chi connectivity index (χ1n) is 6.96. The van der Waals surface area contributed by atoms with E-state index in [1.165, 1.54) is 0 Å². The number of ether oxygens (including phenoxy) is 1. The summed E-state index contributed by atoms with van der Waals surface area (Å²) < 4.78 is 5.40. The summed E-state index contributed by atoms with van der Waals surface area (Å²) in [6, 6.07) is 5.99. The monoisotopic (exact) mass is 277 g/mol.